The number of rotatable bonds is 7. The van der Waals surface area contributed by atoms with E-state index in [1.54, 1.807) is 37.4 Å². The predicted octanol–water partition coefficient (Wildman–Crippen LogP) is 3.31. The molecule has 0 bridgehead atoms. The average Bonchev–Trinajstić information content (AvgIpc) is 2.58. The number of nitrogens with one attached hydrogen (secondary N) is 2. The lowest BCUT2D eigenvalue weighted by Gasteiger charge is -2.20. The van der Waals surface area contributed by atoms with Gasteiger partial charge in [0.25, 0.3) is 5.91 Å². The molecule has 0 heterocycles. The molecule has 0 aliphatic heterocycles. The summed E-state index contributed by atoms with van der Waals surface area (Å²) in [6.07, 6.45) is 0. The fourth-order valence-electron chi connectivity index (χ4n) is 2.32. The van der Waals surface area contributed by atoms with E-state index < -0.39 is 0 Å². The van der Waals surface area contributed by atoms with Gasteiger partial charge >= 0.3 is 0 Å². The van der Waals surface area contributed by atoms with Crippen LogP contribution in [0, 0.1) is 0 Å². The second-order valence-electron chi connectivity index (χ2n) is 6.97. The van der Waals surface area contributed by atoms with Gasteiger partial charge < -0.3 is 25.2 Å². The quantitative estimate of drug-likeness (QED) is 0.662. The Labute approximate surface area is 154 Å². The molecule has 140 valence electrons. The molecule has 0 atom stereocenters. The van der Waals surface area contributed by atoms with Crippen LogP contribution in [0.5, 0.6) is 17.2 Å². The van der Waals surface area contributed by atoms with Gasteiger partial charge in [0.2, 0.25) is 0 Å². The van der Waals surface area contributed by atoms with Gasteiger partial charge in [-0.25, -0.2) is 0 Å². The first-order chi connectivity index (χ1) is 12.3. The van der Waals surface area contributed by atoms with Crippen molar-refractivity contribution in [1.82, 2.24) is 5.32 Å². The lowest BCUT2D eigenvalue weighted by Crippen LogP contribution is -2.43. The first-order valence-electron chi connectivity index (χ1n) is 8.40. The van der Waals surface area contributed by atoms with Crippen molar-refractivity contribution in [3.63, 3.8) is 0 Å². The molecule has 0 spiro atoms. The van der Waals surface area contributed by atoms with E-state index in [4.69, 9.17) is 9.47 Å². The molecule has 6 heteroatoms. The van der Waals surface area contributed by atoms with Crippen LogP contribution < -0.4 is 20.1 Å². The molecular weight excluding hydrogens is 332 g/mol. The second kappa shape index (κ2) is 8.47. The number of amides is 1. The SMILES string of the molecule is COc1cc(CNc2ccc(O)cc2)ccc1OCC(=O)NC(C)(C)C. The predicted molar refractivity (Wildman–Crippen MR) is 102 cm³/mol. The van der Waals surface area contributed by atoms with Crippen LogP contribution in [0.4, 0.5) is 5.69 Å². The van der Waals surface area contributed by atoms with Gasteiger partial charge in [0.1, 0.15) is 5.75 Å². The van der Waals surface area contributed by atoms with Crippen molar-refractivity contribution in [3.05, 3.63) is 48.0 Å². The number of hydrogen-bond donors (Lipinski definition) is 3. The highest BCUT2D eigenvalue weighted by Crippen LogP contribution is 2.28. The summed E-state index contributed by atoms with van der Waals surface area (Å²) in [7, 11) is 1.56. The van der Waals surface area contributed by atoms with Crippen LogP contribution in [-0.2, 0) is 11.3 Å². The number of carbonyl (C=O) groups excluding carboxylic acids is 1. The number of methoxy groups -OCH3 is 1. The molecule has 0 aliphatic carbocycles. The maximum absolute atomic E-state index is 11.9. The molecule has 0 radical (unpaired) electrons. The Balaban J connectivity index is 1.95. The molecule has 6 nitrogen and oxygen atoms in total. The third-order valence-corrected chi connectivity index (χ3v) is 3.47. The second-order valence-corrected chi connectivity index (χ2v) is 6.97. The Morgan fingerprint density at radius 1 is 1.08 bits per heavy atom. The molecule has 0 saturated heterocycles. The standard InChI is InChI=1S/C20H26N2O4/c1-20(2,3)22-19(24)13-26-17-10-5-14(11-18(17)25-4)12-21-15-6-8-16(23)9-7-15/h5-11,21,23H,12-13H2,1-4H3,(H,22,24). The van der Waals surface area contributed by atoms with Crippen molar-refractivity contribution in [2.45, 2.75) is 32.9 Å². The minimum Gasteiger partial charge on any atom is -0.508 e. The van der Waals surface area contributed by atoms with E-state index in [0.29, 0.717) is 18.0 Å². The largest absolute Gasteiger partial charge is 0.508 e. The summed E-state index contributed by atoms with van der Waals surface area (Å²) >= 11 is 0. The normalized spacial score (nSPS) is 10.9. The Bertz CT molecular complexity index is 736. The van der Waals surface area contributed by atoms with Crippen LogP contribution in [0.15, 0.2) is 42.5 Å². The fourth-order valence-corrected chi connectivity index (χ4v) is 2.32. The number of carbonyl (C=O) groups is 1. The summed E-state index contributed by atoms with van der Waals surface area (Å²) in [6, 6.07) is 12.4. The number of phenolic OH excluding ortho intramolecular Hbond substituents is 1. The lowest BCUT2D eigenvalue weighted by molar-refractivity contribution is -0.124. The zero-order valence-corrected chi connectivity index (χ0v) is 15.6. The smallest absolute Gasteiger partial charge is 0.258 e. The number of hydrogen-bond acceptors (Lipinski definition) is 5. The van der Waals surface area contributed by atoms with Crippen LogP contribution in [0.2, 0.25) is 0 Å². The van der Waals surface area contributed by atoms with Crippen LogP contribution in [0.25, 0.3) is 0 Å². The van der Waals surface area contributed by atoms with E-state index in [1.807, 2.05) is 32.9 Å². The van der Waals surface area contributed by atoms with Crippen LogP contribution >= 0.6 is 0 Å². The zero-order valence-electron chi connectivity index (χ0n) is 15.6. The first-order valence-corrected chi connectivity index (χ1v) is 8.40. The van der Waals surface area contributed by atoms with Gasteiger partial charge in [-0.15, -0.1) is 0 Å². The lowest BCUT2D eigenvalue weighted by atomic mass is 10.1. The molecule has 2 aromatic carbocycles. The highest BCUT2D eigenvalue weighted by Gasteiger charge is 2.15. The number of ether oxygens (including phenoxy) is 2. The molecule has 0 aromatic heterocycles. The summed E-state index contributed by atoms with van der Waals surface area (Å²) < 4.78 is 11.0. The van der Waals surface area contributed by atoms with E-state index in [0.717, 1.165) is 11.3 Å². The van der Waals surface area contributed by atoms with Gasteiger partial charge in [-0.1, -0.05) is 6.07 Å². The summed E-state index contributed by atoms with van der Waals surface area (Å²) in [6.45, 7) is 6.27. The van der Waals surface area contributed by atoms with E-state index >= 15 is 0 Å². The van der Waals surface area contributed by atoms with E-state index in [-0.39, 0.29) is 23.8 Å². The van der Waals surface area contributed by atoms with E-state index in [9.17, 15) is 9.90 Å². The van der Waals surface area contributed by atoms with Gasteiger partial charge in [-0.05, 0) is 62.7 Å². The number of anilines is 1. The minimum absolute atomic E-state index is 0.0707. The third kappa shape index (κ3) is 6.20. The van der Waals surface area contributed by atoms with Crippen molar-refractivity contribution in [2.24, 2.45) is 0 Å². The third-order valence-electron chi connectivity index (χ3n) is 3.47. The molecule has 1 amide bonds. The van der Waals surface area contributed by atoms with E-state index in [1.165, 1.54) is 0 Å². The molecule has 0 unspecified atom stereocenters. The van der Waals surface area contributed by atoms with Gasteiger partial charge in [-0.2, -0.15) is 0 Å². The van der Waals surface area contributed by atoms with Gasteiger partial charge in [0, 0.05) is 17.8 Å². The Kier molecular flexibility index (Phi) is 6.33. The minimum atomic E-state index is -0.297. The average molecular weight is 358 g/mol. The van der Waals surface area contributed by atoms with Crippen molar-refractivity contribution in [1.29, 1.82) is 0 Å². The van der Waals surface area contributed by atoms with Crippen molar-refractivity contribution in [2.75, 3.05) is 19.0 Å². The molecule has 2 rings (SSSR count). The van der Waals surface area contributed by atoms with Gasteiger partial charge in [0.15, 0.2) is 18.1 Å². The summed E-state index contributed by atoms with van der Waals surface area (Å²) in [5, 5.41) is 15.4. The van der Waals surface area contributed by atoms with Crippen LogP contribution in [0.1, 0.15) is 26.3 Å². The van der Waals surface area contributed by atoms with Crippen molar-refractivity contribution in [3.8, 4) is 17.2 Å². The summed E-state index contributed by atoms with van der Waals surface area (Å²) in [5.41, 5.74) is 1.61. The molecular formula is C20H26N2O4. The van der Waals surface area contributed by atoms with Crippen molar-refractivity contribution >= 4 is 11.6 Å². The first kappa shape index (κ1) is 19.4. The highest BCUT2D eigenvalue weighted by molar-refractivity contribution is 5.78. The zero-order chi connectivity index (χ0) is 19.2. The van der Waals surface area contributed by atoms with Crippen LogP contribution in [-0.4, -0.2) is 30.3 Å². The molecule has 0 aliphatic rings. The summed E-state index contributed by atoms with van der Waals surface area (Å²) in [5.74, 6) is 1.13. The fraction of sp³-hybridized carbons (Fsp3) is 0.350. The topological polar surface area (TPSA) is 79.8 Å². The molecule has 0 fully saturated rings. The van der Waals surface area contributed by atoms with Crippen molar-refractivity contribution < 1.29 is 19.4 Å². The van der Waals surface area contributed by atoms with Gasteiger partial charge in [0.05, 0.1) is 7.11 Å². The Morgan fingerprint density at radius 2 is 1.77 bits per heavy atom. The van der Waals surface area contributed by atoms with Crippen LogP contribution in [0.3, 0.4) is 0 Å². The molecule has 2 aromatic rings. The van der Waals surface area contributed by atoms with Gasteiger partial charge in [-0.3, -0.25) is 4.79 Å². The maximum Gasteiger partial charge on any atom is 0.258 e. The Morgan fingerprint density at radius 3 is 2.38 bits per heavy atom. The number of benzene rings is 2. The molecule has 26 heavy (non-hydrogen) atoms. The highest BCUT2D eigenvalue weighted by atomic mass is 16.5. The maximum atomic E-state index is 11.9. The monoisotopic (exact) mass is 358 g/mol. The Hall–Kier alpha value is -2.89. The molecule has 3 N–H and O–H groups in total. The number of phenols is 1. The van der Waals surface area contributed by atoms with E-state index in [2.05, 4.69) is 10.6 Å². The number of aromatic hydroxyl groups is 1. The summed E-state index contributed by atoms with van der Waals surface area (Å²) in [4.78, 5) is 11.9. The molecule has 0 saturated carbocycles.